The van der Waals surface area contributed by atoms with E-state index in [1.54, 1.807) is 0 Å². The van der Waals surface area contributed by atoms with Gasteiger partial charge in [-0.05, 0) is 36.8 Å². The molecule has 0 bridgehead atoms. The normalized spacial score (nSPS) is 10.7. The highest BCUT2D eigenvalue weighted by Crippen LogP contribution is 2.27. The van der Waals surface area contributed by atoms with Crippen LogP contribution in [0.2, 0.25) is 5.02 Å². The fourth-order valence-corrected chi connectivity index (χ4v) is 2.89. The van der Waals surface area contributed by atoms with Crippen molar-refractivity contribution in [1.29, 1.82) is 0 Å². The summed E-state index contributed by atoms with van der Waals surface area (Å²) in [5, 5.41) is 3.80. The van der Waals surface area contributed by atoms with Crippen molar-refractivity contribution < 1.29 is 18.7 Å². The minimum absolute atomic E-state index is 0.201. The first kappa shape index (κ1) is 18.8. The zero-order chi connectivity index (χ0) is 19.6. The molecule has 1 amide bonds. The average Bonchev–Trinajstić information content (AvgIpc) is 2.64. The topological polar surface area (TPSA) is 68.3 Å². The van der Waals surface area contributed by atoms with Crippen LogP contribution in [-0.4, -0.2) is 16.9 Å². The van der Waals surface area contributed by atoms with Crippen LogP contribution in [-0.2, 0) is 16.1 Å². The fraction of sp³-hybridized carbons (Fsp3) is 0.150. The first-order valence-corrected chi connectivity index (χ1v) is 8.52. The number of aromatic nitrogens is 1. The van der Waals surface area contributed by atoms with Crippen LogP contribution in [0.25, 0.3) is 10.9 Å². The van der Waals surface area contributed by atoms with Gasteiger partial charge in [0, 0.05) is 18.0 Å². The van der Waals surface area contributed by atoms with Crippen LogP contribution in [0.3, 0.4) is 0 Å². The van der Waals surface area contributed by atoms with Gasteiger partial charge in [0.25, 0.3) is 0 Å². The lowest BCUT2D eigenvalue weighted by atomic mass is 10.1. The summed E-state index contributed by atoms with van der Waals surface area (Å²) in [6.07, 6.45) is 0. The number of carbonyl (C=O) groups is 2. The second-order valence-electron chi connectivity index (χ2n) is 5.97. The number of pyridine rings is 1. The molecule has 27 heavy (non-hydrogen) atoms. The standard InChI is InChI=1S/C20H16ClFN2O3/c1-11-14-5-3-4-6-17(14)24-18(19(11)21)10-27-20(26)15-9-13(23-12(2)25)7-8-16(15)22/h3-9H,10H2,1-2H3,(H,23,25). The van der Waals surface area contributed by atoms with Crippen molar-refractivity contribution in [1.82, 2.24) is 4.98 Å². The summed E-state index contributed by atoms with van der Waals surface area (Å²) in [6, 6.07) is 11.1. The van der Waals surface area contributed by atoms with Gasteiger partial charge in [-0.15, -0.1) is 0 Å². The quantitative estimate of drug-likeness (QED) is 0.662. The average molecular weight is 387 g/mol. The maximum Gasteiger partial charge on any atom is 0.341 e. The molecule has 0 spiro atoms. The number of fused-ring (bicyclic) bond motifs is 1. The Morgan fingerprint density at radius 1 is 1.22 bits per heavy atom. The molecule has 1 aromatic heterocycles. The van der Waals surface area contributed by atoms with Crippen molar-refractivity contribution in [3.05, 3.63) is 70.1 Å². The van der Waals surface area contributed by atoms with Gasteiger partial charge in [-0.25, -0.2) is 14.2 Å². The van der Waals surface area contributed by atoms with E-state index in [4.69, 9.17) is 16.3 Å². The van der Waals surface area contributed by atoms with Crippen LogP contribution < -0.4 is 5.32 Å². The van der Waals surface area contributed by atoms with E-state index in [-0.39, 0.29) is 18.1 Å². The number of nitrogens with one attached hydrogen (secondary N) is 1. The monoisotopic (exact) mass is 386 g/mol. The Morgan fingerprint density at radius 2 is 1.96 bits per heavy atom. The molecule has 3 rings (SSSR count). The van der Waals surface area contributed by atoms with Gasteiger partial charge in [-0.2, -0.15) is 0 Å². The number of benzene rings is 2. The van der Waals surface area contributed by atoms with Crippen LogP contribution in [0.5, 0.6) is 0 Å². The highest BCUT2D eigenvalue weighted by molar-refractivity contribution is 6.32. The first-order valence-electron chi connectivity index (χ1n) is 8.15. The van der Waals surface area contributed by atoms with Crippen LogP contribution in [0.15, 0.2) is 42.5 Å². The van der Waals surface area contributed by atoms with Crippen molar-refractivity contribution in [3.8, 4) is 0 Å². The molecule has 0 aliphatic rings. The smallest absolute Gasteiger partial charge is 0.341 e. The third-order valence-electron chi connectivity index (χ3n) is 3.99. The number of rotatable bonds is 4. The van der Waals surface area contributed by atoms with Gasteiger partial charge in [0.2, 0.25) is 5.91 Å². The number of hydrogen-bond donors (Lipinski definition) is 1. The highest BCUT2D eigenvalue weighted by Gasteiger charge is 2.17. The van der Waals surface area contributed by atoms with Crippen LogP contribution in [0.4, 0.5) is 10.1 Å². The van der Waals surface area contributed by atoms with Crippen LogP contribution in [0.1, 0.15) is 28.5 Å². The van der Waals surface area contributed by atoms with Crippen molar-refractivity contribution in [2.75, 3.05) is 5.32 Å². The largest absolute Gasteiger partial charge is 0.455 e. The van der Waals surface area contributed by atoms with E-state index in [0.717, 1.165) is 22.5 Å². The molecule has 138 valence electrons. The van der Waals surface area contributed by atoms with Gasteiger partial charge in [0.1, 0.15) is 12.4 Å². The van der Waals surface area contributed by atoms with Gasteiger partial charge in [-0.1, -0.05) is 29.8 Å². The van der Waals surface area contributed by atoms with Gasteiger partial charge in [0.05, 0.1) is 21.8 Å². The van der Waals surface area contributed by atoms with E-state index < -0.39 is 11.8 Å². The molecule has 1 N–H and O–H groups in total. The lowest BCUT2D eigenvalue weighted by Gasteiger charge is -2.11. The minimum atomic E-state index is -0.872. The number of hydrogen-bond acceptors (Lipinski definition) is 4. The number of amides is 1. The molecule has 0 radical (unpaired) electrons. The van der Waals surface area contributed by atoms with Crippen molar-refractivity contribution >= 4 is 40.1 Å². The molecule has 0 unspecified atom stereocenters. The van der Waals surface area contributed by atoms with E-state index in [2.05, 4.69) is 10.3 Å². The number of anilines is 1. The molecule has 0 fully saturated rings. The van der Waals surface area contributed by atoms with Gasteiger partial charge < -0.3 is 10.1 Å². The van der Waals surface area contributed by atoms with E-state index in [1.165, 1.54) is 19.1 Å². The van der Waals surface area contributed by atoms with E-state index in [9.17, 15) is 14.0 Å². The Balaban J connectivity index is 1.83. The highest BCUT2D eigenvalue weighted by atomic mass is 35.5. The zero-order valence-electron chi connectivity index (χ0n) is 14.7. The second kappa shape index (κ2) is 7.72. The molecule has 2 aromatic carbocycles. The number of ether oxygens (including phenoxy) is 1. The molecule has 0 saturated carbocycles. The predicted molar refractivity (Wildman–Crippen MR) is 101 cm³/mol. The Labute approximate surface area is 160 Å². The summed E-state index contributed by atoms with van der Waals surface area (Å²) in [7, 11) is 0. The van der Waals surface area contributed by atoms with Gasteiger partial charge in [0.15, 0.2) is 0 Å². The summed E-state index contributed by atoms with van der Waals surface area (Å²) in [4.78, 5) is 27.8. The molecule has 0 atom stereocenters. The molecular weight excluding hydrogens is 371 g/mol. The number of aryl methyl sites for hydroxylation is 1. The Kier molecular flexibility index (Phi) is 5.37. The molecular formula is C20H16ClFN2O3. The van der Waals surface area contributed by atoms with E-state index in [1.807, 2.05) is 31.2 Å². The van der Waals surface area contributed by atoms with Crippen LogP contribution in [0, 0.1) is 12.7 Å². The third-order valence-corrected chi connectivity index (χ3v) is 4.49. The molecule has 0 aliphatic heterocycles. The molecule has 0 saturated heterocycles. The summed E-state index contributed by atoms with van der Waals surface area (Å²) < 4.78 is 19.2. The summed E-state index contributed by atoms with van der Waals surface area (Å²) in [5.41, 5.74) is 1.96. The predicted octanol–water partition coefficient (Wildman–Crippen LogP) is 4.65. The summed E-state index contributed by atoms with van der Waals surface area (Å²) >= 11 is 6.34. The first-order chi connectivity index (χ1) is 12.9. The fourth-order valence-electron chi connectivity index (χ4n) is 2.69. The maximum absolute atomic E-state index is 14.0. The zero-order valence-corrected chi connectivity index (χ0v) is 15.4. The Morgan fingerprint density at radius 3 is 2.70 bits per heavy atom. The molecule has 5 nitrogen and oxygen atoms in total. The SMILES string of the molecule is CC(=O)Nc1ccc(F)c(C(=O)OCc2nc3ccccc3c(C)c2Cl)c1. The number of carbonyl (C=O) groups excluding carboxylic acids is 2. The Hall–Kier alpha value is -2.99. The molecule has 7 heteroatoms. The van der Waals surface area contributed by atoms with Crippen molar-refractivity contribution in [3.63, 3.8) is 0 Å². The molecule has 1 heterocycles. The van der Waals surface area contributed by atoms with Crippen molar-refractivity contribution in [2.24, 2.45) is 0 Å². The Bertz CT molecular complexity index is 1050. The van der Waals surface area contributed by atoms with E-state index >= 15 is 0 Å². The van der Waals surface area contributed by atoms with Crippen molar-refractivity contribution in [2.45, 2.75) is 20.5 Å². The molecule has 3 aromatic rings. The van der Waals surface area contributed by atoms with Crippen LogP contribution >= 0.6 is 11.6 Å². The second-order valence-corrected chi connectivity index (χ2v) is 6.34. The van der Waals surface area contributed by atoms with Gasteiger partial charge in [-0.3, -0.25) is 4.79 Å². The summed E-state index contributed by atoms with van der Waals surface area (Å²) in [6.45, 7) is 2.97. The molecule has 0 aliphatic carbocycles. The maximum atomic E-state index is 14.0. The third kappa shape index (κ3) is 4.06. The lowest BCUT2D eigenvalue weighted by molar-refractivity contribution is -0.114. The minimum Gasteiger partial charge on any atom is -0.455 e. The number of para-hydroxylation sites is 1. The van der Waals surface area contributed by atoms with Gasteiger partial charge >= 0.3 is 5.97 Å². The van der Waals surface area contributed by atoms with E-state index in [0.29, 0.717) is 16.4 Å². The summed E-state index contributed by atoms with van der Waals surface area (Å²) in [5.74, 6) is -1.95. The number of halogens is 2. The number of nitrogens with zero attached hydrogens (tertiary/aromatic N) is 1. The number of esters is 1. The lowest BCUT2D eigenvalue weighted by Crippen LogP contribution is -2.11.